The number of carbonyl (C=O) groups excluding carboxylic acids is 1. The first kappa shape index (κ1) is 14.9. The number of benzene rings is 1. The quantitative estimate of drug-likeness (QED) is 0.858. The summed E-state index contributed by atoms with van der Waals surface area (Å²) in [6, 6.07) is 7.41. The topological polar surface area (TPSA) is 68.3 Å². The Morgan fingerprint density at radius 1 is 1.45 bits per heavy atom. The predicted molar refractivity (Wildman–Crippen MR) is 83.8 cm³/mol. The molecule has 0 fully saturated rings. The minimum absolute atomic E-state index is 0.126. The Balaban J connectivity index is 1.99. The molecule has 0 radical (unpaired) electrons. The molecule has 0 saturated heterocycles. The highest BCUT2D eigenvalue weighted by Crippen LogP contribution is 2.24. The number of nitrogens with one attached hydrogen (secondary N) is 1. The lowest BCUT2D eigenvalue weighted by atomic mass is 10.1. The number of furan rings is 1. The summed E-state index contributed by atoms with van der Waals surface area (Å²) in [7, 11) is 0. The van der Waals surface area contributed by atoms with Crippen molar-refractivity contribution in [1.82, 2.24) is 5.32 Å². The lowest BCUT2D eigenvalue weighted by Crippen LogP contribution is -2.40. The molecule has 0 bridgehead atoms. The summed E-state index contributed by atoms with van der Waals surface area (Å²) in [5.41, 5.74) is 7.74. The van der Waals surface area contributed by atoms with Crippen LogP contribution in [0.3, 0.4) is 0 Å². The molecule has 0 saturated carbocycles. The van der Waals surface area contributed by atoms with Crippen LogP contribution in [0.2, 0.25) is 0 Å². The summed E-state index contributed by atoms with van der Waals surface area (Å²) in [5, 5.41) is 3.93. The second-order valence-corrected chi connectivity index (χ2v) is 5.74. The van der Waals surface area contributed by atoms with Gasteiger partial charge in [0.05, 0.1) is 12.6 Å². The molecule has 2 rings (SSSR count). The Morgan fingerprint density at radius 2 is 2.20 bits per heavy atom. The van der Waals surface area contributed by atoms with Crippen LogP contribution in [0.1, 0.15) is 17.7 Å². The SMILES string of the molecule is CSCC[C@H](N)C(=O)NCc1oc2ccccc2c1C. The van der Waals surface area contributed by atoms with Crippen molar-refractivity contribution in [2.45, 2.75) is 25.9 Å². The first-order valence-electron chi connectivity index (χ1n) is 6.62. The molecule has 0 aliphatic rings. The monoisotopic (exact) mass is 292 g/mol. The predicted octanol–water partition coefficient (Wildman–Crippen LogP) is 2.44. The van der Waals surface area contributed by atoms with Gasteiger partial charge in [-0.15, -0.1) is 0 Å². The number of aryl methyl sites for hydroxylation is 1. The maximum Gasteiger partial charge on any atom is 0.237 e. The molecule has 2 aromatic rings. The van der Waals surface area contributed by atoms with Crippen molar-refractivity contribution in [3.8, 4) is 0 Å². The molecule has 0 aliphatic heterocycles. The maximum absolute atomic E-state index is 11.9. The minimum Gasteiger partial charge on any atom is -0.459 e. The average Bonchev–Trinajstić information content (AvgIpc) is 2.79. The first-order chi connectivity index (χ1) is 9.63. The van der Waals surface area contributed by atoms with E-state index in [0.29, 0.717) is 13.0 Å². The second-order valence-electron chi connectivity index (χ2n) is 4.75. The van der Waals surface area contributed by atoms with Crippen LogP contribution in [0.5, 0.6) is 0 Å². The Bertz CT molecular complexity index is 595. The molecular formula is C15H20N2O2S. The van der Waals surface area contributed by atoms with E-state index in [9.17, 15) is 4.79 Å². The number of para-hydroxylation sites is 1. The highest BCUT2D eigenvalue weighted by Gasteiger charge is 2.15. The zero-order chi connectivity index (χ0) is 14.5. The van der Waals surface area contributed by atoms with Crippen molar-refractivity contribution >= 4 is 28.6 Å². The Hall–Kier alpha value is -1.46. The van der Waals surface area contributed by atoms with E-state index < -0.39 is 6.04 Å². The van der Waals surface area contributed by atoms with Gasteiger partial charge >= 0.3 is 0 Å². The highest BCUT2D eigenvalue weighted by atomic mass is 32.2. The molecule has 0 unspecified atom stereocenters. The van der Waals surface area contributed by atoms with Gasteiger partial charge in [0.25, 0.3) is 0 Å². The van der Waals surface area contributed by atoms with Crippen molar-refractivity contribution in [2.24, 2.45) is 5.73 Å². The number of amides is 1. The molecule has 1 atom stereocenters. The third-order valence-electron chi connectivity index (χ3n) is 3.34. The number of rotatable bonds is 6. The molecule has 1 aromatic heterocycles. The van der Waals surface area contributed by atoms with Crippen LogP contribution in [0, 0.1) is 6.92 Å². The fraction of sp³-hybridized carbons (Fsp3) is 0.400. The molecule has 1 aromatic carbocycles. The van der Waals surface area contributed by atoms with Gasteiger partial charge in [-0.1, -0.05) is 18.2 Å². The lowest BCUT2D eigenvalue weighted by molar-refractivity contribution is -0.122. The molecule has 0 spiro atoms. The molecule has 5 heteroatoms. The summed E-state index contributed by atoms with van der Waals surface area (Å²) < 4.78 is 5.75. The smallest absolute Gasteiger partial charge is 0.237 e. The van der Waals surface area contributed by atoms with Gasteiger partial charge in [0, 0.05) is 10.9 Å². The molecule has 1 amide bonds. The lowest BCUT2D eigenvalue weighted by Gasteiger charge is -2.10. The van der Waals surface area contributed by atoms with E-state index in [-0.39, 0.29) is 5.91 Å². The van der Waals surface area contributed by atoms with Crippen LogP contribution in [-0.4, -0.2) is 24.0 Å². The zero-order valence-corrected chi connectivity index (χ0v) is 12.6. The Kier molecular flexibility index (Phi) is 5.09. The van der Waals surface area contributed by atoms with Crippen molar-refractivity contribution in [2.75, 3.05) is 12.0 Å². The van der Waals surface area contributed by atoms with Gasteiger partial charge in [-0.2, -0.15) is 11.8 Å². The summed E-state index contributed by atoms with van der Waals surface area (Å²) in [6.45, 7) is 2.38. The number of hydrogen-bond donors (Lipinski definition) is 2. The van der Waals surface area contributed by atoms with Crippen LogP contribution in [0.15, 0.2) is 28.7 Å². The molecule has 108 valence electrons. The minimum atomic E-state index is -0.452. The Labute approximate surface area is 123 Å². The fourth-order valence-electron chi connectivity index (χ4n) is 2.07. The molecule has 3 N–H and O–H groups in total. The molecule has 4 nitrogen and oxygen atoms in total. The van der Waals surface area contributed by atoms with Crippen molar-refractivity contribution < 1.29 is 9.21 Å². The number of thioether (sulfide) groups is 1. The van der Waals surface area contributed by atoms with E-state index in [1.54, 1.807) is 11.8 Å². The molecule has 0 aliphatic carbocycles. The van der Waals surface area contributed by atoms with Gasteiger partial charge in [0.15, 0.2) is 0 Å². The van der Waals surface area contributed by atoms with Crippen LogP contribution in [0.25, 0.3) is 11.0 Å². The molecular weight excluding hydrogens is 272 g/mol. The van der Waals surface area contributed by atoms with Crippen molar-refractivity contribution in [3.63, 3.8) is 0 Å². The standard InChI is InChI=1S/C15H20N2O2S/c1-10-11-5-3-4-6-13(11)19-14(10)9-17-15(18)12(16)7-8-20-2/h3-6,12H,7-9,16H2,1-2H3,(H,17,18)/t12-/m0/s1. The van der Waals surface area contributed by atoms with E-state index >= 15 is 0 Å². The molecule has 1 heterocycles. The normalized spacial score (nSPS) is 12.6. The third kappa shape index (κ3) is 3.35. The van der Waals surface area contributed by atoms with E-state index in [1.807, 2.05) is 37.4 Å². The van der Waals surface area contributed by atoms with E-state index in [1.165, 1.54) is 0 Å². The van der Waals surface area contributed by atoms with Crippen LogP contribution in [-0.2, 0) is 11.3 Å². The van der Waals surface area contributed by atoms with Gasteiger partial charge in [0.1, 0.15) is 11.3 Å². The summed E-state index contributed by atoms with van der Waals surface area (Å²) >= 11 is 1.69. The number of carbonyl (C=O) groups is 1. The number of fused-ring (bicyclic) bond motifs is 1. The van der Waals surface area contributed by atoms with Crippen molar-refractivity contribution in [3.05, 3.63) is 35.6 Å². The van der Waals surface area contributed by atoms with Gasteiger partial charge in [-0.3, -0.25) is 4.79 Å². The summed E-state index contributed by atoms with van der Waals surface area (Å²) in [4.78, 5) is 11.9. The van der Waals surface area contributed by atoms with Crippen LogP contribution < -0.4 is 11.1 Å². The Morgan fingerprint density at radius 3 is 2.90 bits per heavy atom. The number of nitrogens with two attached hydrogens (primary N) is 1. The van der Waals surface area contributed by atoms with Crippen molar-refractivity contribution in [1.29, 1.82) is 0 Å². The second kappa shape index (κ2) is 6.81. The van der Waals surface area contributed by atoms with E-state index in [4.69, 9.17) is 10.2 Å². The van der Waals surface area contributed by atoms with E-state index in [2.05, 4.69) is 5.32 Å². The first-order valence-corrected chi connectivity index (χ1v) is 8.02. The third-order valence-corrected chi connectivity index (χ3v) is 3.98. The van der Waals surface area contributed by atoms with Gasteiger partial charge in [-0.25, -0.2) is 0 Å². The number of hydrogen-bond acceptors (Lipinski definition) is 4. The summed E-state index contributed by atoms with van der Waals surface area (Å²) in [5.74, 6) is 1.55. The fourth-order valence-corrected chi connectivity index (χ4v) is 2.56. The van der Waals surface area contributed by atoms with Crippen LogP contribution in [0.4, 0.5) is 0 Å². The van der Waals surface area contributed by atoms with Gasteiger partial charge in [-0.05, 0) is 31.4 Å². The maximum atomic E-state index is 11.9. The zero-order valence-electron chi connectivity index (χ0n) is 11.8. The summed E-state index contributed by atoms with van der Waals surface area (Å²) in [6.07, 6.45) is 2.69. The van der Waals surface area contributed by atoms with E-state index in [0.717, 1.165) is 28.0 Å². The molecule has 20 heavy (non-hydrogen) atoms. The van der Waals surface area contributed by atoms with Gasteiger partial charge < -0.3 is 15.5 Å². The van der Waals surface area contributed by atoms with Gasteiger partial charge in [0.2, 0.25) is 5.91 Å². The largest absolute Gasteiger partial charge is 0.459 e. The van der Waals surface area contributed by atoms with Crippen LogP contribution >= 0.6 is 11.8 Å². The average molecular weight is 292 g/mol. The highest BCUT2D eigenvalue weighted by molar-refractivity contribution is 7.98.